The van der Waals surface area contributed by atoms with E-state index in [1.807, 2.05) is 0 Å². The molecule has 4 N–H and O–H groups in total. The van der Waals surface area contributed by atoms with Gasteiger partial charge in [-0.3, -0.25) is 15.3 Å². The van der Waals surface area contributed by atoms with E-state index in [9.17, 15) is 19.1 Å². The van der Waals surface area contributed by atoms with Crippen molar-refractivity contribution in [3.63, 3.8) is 0 Å². The Morgan fingerprint density at radius 2 is 2.15 bits per heavy atom. The van der Waals surface area contributed by atoms with Crippen LogP contribution in [0.3, 0.4) is 0 Å². The van der Waals surface area contributed by atoms with Gasteiger partial charge in [-0.15, -0.1) is 0 Å². The van der Waals surface area contributed by atoms with Crippen molar-refractivity contribution in [1.29, 1.82) is 5.26 Å². The molecule has 1 atom stereocenters. The minimum atomic E-state index is -1.72. The second kappa shape index (κ2) is 7.88. The Kier molecular flexibility index (Phi) is 5.84. The van der Waals surface area contributed by atoms with E-state index in [2.05, 4.69) is 5.32 Å². The predicted octanol–water partition coefficient (Wildman–Crippen LogP) is 0.894. The number of aliphatic hydroxyl groups is 1. The third kappa shape index (κ3) is 3.78. The maximum atomic E-state index is 13.4. The molecular weight excluding hydrogens is 343 g/mol. The van der Waals surface area contributed by atoms with Gasteiger partial charge in [0.25, 0.3) is 5.91 Å². The lowest BCUT2D eigenvalue weighted by atomic mass is 10.1. The quantitative estimate of drug-likeness (QED) is 0.518. The Morgan fingerprint density at radius 1 is 1.46 bits per heavy atom. The number of ketones is 1. The van der Waals surface area contributed by atoms with Gasteiger partial charge in [-0.25, -0.2) is 4.39 Å². The first-order chi connectivity index (χ1) is 12.3. The van der Waals surface area contributed by atoms with Gasteiger partial charge < -0.3 is 19.7 Å². The van der Waals surface area contributed by atoms with Crippen LogP contribution < -0.4 is 11.1 Å². The number of methoxy groups -OCH3 is 1. The van der Waals surface area contributed by atoms with Gasteiger partial charge in [-0.05, 0) is 24.3 Å². The number of anilines is 1. The fraction of sp³-hybridized carbons (Fsp3) is 0.235. The number of halogens is 1. The Hall–Kier alpha value is -3.06. The number of aliphatic hydroxyl groups excluding tert-OH is 1. The summed E-state index contributed by atoms with van der Waals surface area (Å²) in [5.74, 6) is -2.04. The lowest BCUT2D eigenvalue weighted by Gasteiger charge is -2.09. The highest BCUT2D eigenvalue weighted by atomic mass is 19.1. The maximum Gasteiger partial charge on any atom is 0.257 e. The van der Waals surface area contributed by atoms with E-state index >= 15 is 0 Å². The van der Waals surface area contributed by atoms with Crippen molar-refractivity contribution in [3.05, 3.63) is 52.6 Å². The van der Waals surface area contributed by atoms with Crippen LogP contribution >= 0.6 is 0 Å². The second-order valence-corrected chi connectivity index (χ2v) is 5.45. The largest absolute Gasteiger partial charge is 0.378 e. The van der Waals surface area contributed by atoms with Gasteiger partial charge in [0.2, 0.25) is 5.78 Å². The number of hydrogen-bond acceptors (Lipinski definition) is 6. The Balaban J connectivity index is 2.40. The van der Waals surface area contributed by atoms with Gasteiger partial charge in [0.05, 0.1) is 29.1 Å². The van der Waals surface area contributed by atoms with Gasteiger partial charge in [0, 0.05) is 19.8 Å². The lowest BCUT2D eigenvalue weighted by Crippen LogP contribution is -2.31. The summed E-state index contributed by atoms with van der Waals surface area (Å²) in [6.07, 6.45) is -1.72. The molecule has 1 aromatic heterocycles. The van der Waals surface area contributed by atoms with Crippen LogP contribution in [0.2, 0.25) is 0 Å². The molecule has 0 spiro atoms. The minimum absolute atomic E-state index is 0.0278. The smallest absolute Gasteiger partial charge is 0.257 e. The van der Waals surface area contributed by atoms with Crippen LogP contribution in [0.15, 0.2) is 24.3 Å². The van der Waals surface area contributed by atoms with E-state index < -0.39 is 23.7 Å². The van der Waals surface area contributed by atoms with E-state index in [4.69, 9.17) is 15.7 Å². The average Bonchev–Trinajstić information content (AvgIpc) is 2.93. The molecule has 0 fully saturated rings. The highest BCUT2D eigenvalue weighted by molar-refractivity contribution is 6.08. The highest BCUT2D eigenvalue weighted by Crippen LogP contribution is 2.20. The number of benzene rings is 1. The van der Waals surface area contributed by atoms with Gasteiger partial charge in [-0.1, -0.05) is 0 Å². The number of nitrogens with one attached hydrogen (secondary N) is 1. The molecule has 8 nitrogen and oxygen atoms in total. The zero-order valence-electron chi connectivity index (χ0n) is 14.1. The zero-order chi connectivity index (χ0) is 19.4. The molecular formula is C17H17FN4O4. The monoisotopic (exact) mass is 360 g/mol. The summed E-state index contributed by atoms with van der Waals surface area (Å²) in [5, 5.41) is 20.7. The standard InChI is InChI=1S/C17H17FN4O4/c1-22-13(15(23)16(20)24)6-11(14(22)8-26-2)17(25)21-10-3-4-12(18)9(5-10)7-19/h3-6,16,24H,8,20H2,1-2H3,(H,21,25). The van der Waals surface area contributed by atoms with E-state index in [0.717, 1.165) is 6.07 Å². The fourth-order valence-corrected chi connectivity index (χ4v) is 2.43. The van der Waals surface area contributed by atoms with E-state index in [0.29, 0.717) is 5.69 Å². The molecule has 26 heavy (non-hydrogen) atoms. The number of nitriles is 1. The molecule has 1 aromatic carbocycles. The fourth-order valence-electron chi connectivity index (χ4n) is 2.43. The van der Waals surface area contributed by atoms with Crippen LogP contribution in [-0.4, -0.2) is 34.7 Å². The number of aromatic nitrogens is 1. The molecule has 0 aliphatic carbocycles. The molecule has 0 bridgehead atoms. The average molecular weight is 360 g/mol. The number of amides is 1. The van der Waals surface area contributed by atoms with Crippen molar-refractivity contribution in [2.45, 2.75) is 12.8 Å². The first-order valence-corrected chi connectivity index (χ1v) is 7.46. The summed E-state index contributed by atoms with van der Waals surface area (Å²) in [7, 11) is 2.96. The van der Waals surface area contributed by atoms with Crippen LogP contribution in [0.1, 0.15) is 32.1 Å². The van der Waals surface area contributed by atoms with E-state index in [1.165, 1.54) is 36.9 Å². The predicted molar refractivity (Wildman–Crippen MR) is 89.7 cm³/mol. The van der Waals surface area contributed by atoms with Crippen LogP contribution in [0.25, 0.3) is 0 Å². The van der Waals surface area contributed by atoms with Crippen LogP contribution in [0.5, 0.6) is 0 Å². The Morgan fingerprint density at radius 3 is 2.73 bits per heavy atom. The summed E-state index contributed by atoms with van der Waals surface area (Å²) in [6.45, 7) is 0.0278. The topological polar surface area (TPSA) is 130 Å². The lowest BCUT2D eigenvalue weighted by molar-refractivity contribution is 0.0749. The molecule has 1 amide bonds. The number of rotatable bonds is 6. The number of carbonyl (C=O) groups excluding carboxylic acids is 2. The van der Waals surface area contributed by atoms with Crippen molar-refractivity contribution in [3.8, 4) is 6.07 Å². The van der Waals surface area contributed by atoms with Crippen molar-refractivity contribution in [2.24, 2.45) is 12.8 Å². The normalized spacial score (nSPS) is 11.7. The summed E-state index contributed by atoms with van der Waals surface area (Å²) < 4.78 is 19.8. The number of nitrogens with two attached hydrogens (primary N) is 1. The van der Waals surface area contributed by atoms with Crippen LogP contribution in [-0.2, 0) is 18.4 Å². The molecule has 2 aromatic rings. The van der Waals surface area contributed by atoms with Crippen molar-refractivity contribution in [1.82, 2.24) is 4.57 Å². The molecule has 0 saturated carbocycles. The first-order valence-electron chi connectivity index (χ1n) is 7.46. The summed E-state index contributed by atoms with van der Waals surface area (Å²) in [6, 6.07) is 6.54. The van der Waals surface area contributed by atoms with E-state index in [1.54, 1.807) is 6.07 Å². The number of hydrogen-bond donors (Lipinski definition) is 3. The molecule has 136 valence electrons. The Bertz CT molecular complexity index is 899. The molecule has 9 heteroatoms. The molecule has 2 rings (SSSR count). The summed E-state index contributed by atoms with van der Waals surface area (Å²) >= 11 is 0. The van der Waals surface area contributed by atoms with Gasteiger partial charge >= 0.3 is 0 Å². The maximum absolute atomic E-state index is 13.4. The van der Waals surface area contributed by atoms with Crippen LogP contribution in [0, 0.1) is 17.1 Å². The molecule has 0 radical (unpaired) electrons. The van der Waals surface area contributed by atoms with Crippen molar-refractivity contribution >= 4 is 17.4 Å². The van der Waals surface area contributed by atoms with Crippen molar-refractivity contribution in [2.75, 3.05) is 12.4 Å². The summed E-state index contributed by atoms with van der Waals surface area (Å²) in [4.78, 5) is 24.6. The minimum Gasteiger partial charge on any atom is -0.378 e. The number of nitrogens with zero attached hydrogens (tertiary/aromatic N) is 2. The number of ether oxygens (including phenoxy) is 1. The SMILES string of the molecule is COCc1c(C(=O)Nc2ccc(F)c(C#N)c2)cc(C(=O)C(N)O)n1C. The van der Waals surface area contributed by atoms with E-state index in [-0.39, 0.29) is 29.1 Å². The zero-order valence-corrected chi connectivity index (χ0v) is 14.1. The van der Waals surface area contributed by atoms with Crippen molar-refractivity contribution < 1.29 is 23.8 Å². The number of carbonyl (C=O) groups is 2. The van der Waals surface area contributed by atoms with Gasteiger partial charge in [0.1, 0.15) is 11.9 Å². The molecule has 1 unspecified atom stereocenters. The third-order valence-corrected chi connectivity index (χ3v) is 3.75. The van der Waals surface area contributed by atoms with Crippen LogP contribution in [0.4, 0.5) is 10.1 Å². The molecule has 0 saturated heterocycles. The summed E-state index contributed by atoms with van der Waals surface area (Å²) in [5.41, 5.74) is 5.76. The van der Waals surface area contributed by atoms with Gasteiger partial charge in [0.15, 0.2) is 6.23 Å². The first kappa shape index (κ1) is 19.3. The second-order valence-electron chi connectivity index (χ2n) is 5.45. The van der Waals surface area contributed by atoms with Gasteiger partial charge in [-0.2, -0.15) is 5.26 Å². The highest BCUT2D eigenvalue weighted by Gasteiger charge is 2.24. The third-order valence-electron chi connectivity index (χ3n) is 3.75. The number of Topliss-reactive ketones (excluding diaryl/α,β-unsaturated/α-hetero) is 1. The molecule has 0 aliphatic heterocycles. The molecule has 1 heterocycles. The Labute approximate surface area is 148 Å². The molecule has 0 aliphatic rings.